The molecule has 0 aromatic heterocycles. The molecule has 39 heavy (non-hydrogen) atoms. The minimum Gasteiger partial charge on any atom is -0.496 e. The van der Waals surface area contributed by atoms with Crippen LogP contribution in [0.15, 0.2) is 30.3 Å². The van der Waals surface area contributed by atoms with Gasteiger partial charge in [-0.05, 0) is 76.1 Å². The summed E-state index contributed by atoms with van der Waals surface area (Å²) in [5, 5.41) is 25.0. The van der Waals surface area contributed by atoms with Crippen molar-refractivity contribution in [3.05, 3.63) is 52.6 Å². The largest absolute Gasteiger partial charge is 0.496 e. The Morgan fingerprint density at radius 1 is 1.05 bits per heavy atom. The van der Waals surface area contributed by atoms with E-state index >= 15 is 0 Å². The van der Waals surface area contributed by atoms with Crippen molar-refractivity contribution in [1.29, 1.82) is 5.26 Å². The molecule has 1 fully saturated rings. The van der Waals surface area contributed by atoms with Gasteiger partial charge in [-0.2, -0.15) is 5.26 Å². The zero-order valence-electron chi connectivity index (χ0n) is 23.4. The van der Waals surface area contributed by atoms with E-state index in [-0.39, 0.29) is 46.6 Å². The third kappa shape index (κ3) is 6.88. The fraction of sp³-hybridized carbons (Fsp3) is 0.467. The Morgan fingerprint density at radius 3 is 2.28 bits per heavy atom. The van der Waals surface area contributed by atoms with Gasteiger partial charge in [-0.15, -0.1) is 0 Å². The second-order valence-electron chi connectivity index (χ2n) is 10.9. The zero-order chi connectivity index (χ0) is 28.9. The second kappa shape index (κ2) is 12.2. The summed E-state index contributed by atoms with van der Waals surface area (Å²) < 4.78 is 11.5. The first-order chi connectivity index (χ1) is 18.4. The second-order valence-corrected chi connectivity index (χ2v) is 10.9. The normalized spacial score (nSPS) is 19.5. The number of nitrogens with one attached hydrogen (secondary N) is 2. The van der Waals surface area contributed by atoms with Crippen LogP contribution >= 0.6 is 0 Å². The third-order valence-electron chi connectivity index (χ3n) is 7.54. The molecule has 9 heteroatoms. The van der Waals surface area contributed by atoms with Crippen LogP contribution in [0.3, 0.4) is 0 Å². The Kier molecular flexibility index (Phi) is 9.23. The van der Waals surface area contributed by atoms with Crippen LogP contribution in [0.1, 0.15) is 85.2 Å². The number of nitriles is 1. The Morgan fingerprint density at radius 2 is 1.72 bits per heavy atom. The molecule has 0 aliphatic heterocycles. The lowest BCUT2D eigenvalue weighted by atomic mass is 9.75. The number of carbonyl (C=O) groups excluding carboxylic acids is 2. The molecule has 0 saturated heterocycles. The summed E-state index contributed by atoms with van der Waals surface area (Å²) in [7, 11) is 1.40. The lowest BCUT2D eigenvalue weighted by Gasteiger charge is -2.34. The fourth-order valence-corrected chi connectivity index (χ4v) is 4.43. The van der Waals surface area contributed by atoms with Crippen molar-refractivity contribution < 1.29 is 29.0 Å². The van der Waals surface area contributed by atoms with Crippen LogP contribution < -0.4 is 20.1 Å². The van der Waals surface area contributed by atoms with Gasteiger partial charge in [0.05, 0.1) is 41.0 Å². The van der Waals surface area contributed by atoms with Gasteiger partial charge in [-0.3, -0.25) is 14.4 Å². The van der Waals surface area contributed by atoms with E-state index in [1.54, 1.807) is 25.1 Å². The summed E-state index contributed by atoms with van der Waals surface area (Å²) in [6.45, 7) is 9.54. The van der Waals surface area contributed by atoms with Gasteiger partial charge in [-0.1, -0.05) is 19.9 Å². The third-order valence-corrected chi connectivity index (χ3v) is 7.54. The van der Waals surface area contributed by atoms with E-state index in [1.165, 1.54) is 19.2 Å². The van der Waals surface area contributed by atoms with Gasteiger partial charge in [0.1, 0.15) is 17.6 Å². The first kappa shape index (κ1) is 29.5. The molecule has 208 valence electrons. The van der Waals surface area contributed by atoms with Crippen molar-refractivity contribution in [3.8, 4) is 17.6 Å². The number of anilines is 1. The molecule has 2 aromatic rings. The van der Waals surface area contributed by atoms with Gasteiger partial charge in [0.25, 0.3) is 11.8 Å². The molecule has 9 nitrogen and oxygen atoms in total. The van der Waals surface area contributed by atoms with Crippen molar-refractivity contribution in [2.45, 2.75) is 72.4 Å². The van der Waals surface area contributed by atoms with Crippen molar-refractivity contribution >= 4 is 23.5 Å². The first-order valence-corrected chi connectivity index (χ1v) is 13.1. The summed E-state index contributed by atoms with van der Waals surface area (Å²) in [4.78, 5) is 38.1. The molecule has 0 radical (unpaired) electrons. The summed E-state index contributed by atoms with van der Waals surface area (Å²) >= 11 is 0. The molecule has 0 spiro atoms. The SMILES string of the molecule is COc1cc(C#N)c(O[C@H]2CC[C@@](C)(C(=O)O)CC2)cc1C(=O)Nc1cc(C)ccc1C(=O)N[C@H](C)C(C)C. The molecular formula is C30H37N3O6. The Bertz CT molecular complexity index is 1290. The van der Waals surface area contributed by atoms with E-state index in [0.717, 1.165) is 5.56 Å². The number of benzene rings is 2. The van der Waals surface area contributed by atoms with E-state index in [0.29, 0.717) is 36.9 Å². The van der Waals surface area contributed by atoms with Crippen molar-refractivity contribution in [2.24, 2.45) is 11.3 Å². The standard InChI is InChI=1S/C30H37N3O6/c1-17(2)19(4)32-27(34)22-8-7-18(3)13-24(22)33-28(35)23-15-25(20(16-31)14-26(23)38-6)39-21-9-11-30(5,12-10-21)29(36)37/h7-8,13-15,17,19,21H,9-12H2,1-6H3,(H,32,34)(H,33,35)(H,36,37)/t19-,21-,30+/m1/s1. The molecule has 3 rings (SSSR count). The number of hydrogen-bond acceptors (Lipinski definition) is 6. The van der Waals surface area contributed by atoms with Crippen molar-refractivity contribution in [1.82, 2.24) is 5.32 Å². The minimum atomic E-state index is -0.829. The monoisotopic (exact) mass is 535 g/mol. The van der Waals surface area contributed by atoms with Gasteiger partial charge in [-0.25, -0.2) is 0 Å². The highest BCUT2D eigenvalue weighted by molar-refractivity contribution is 6.10. The highest BCUT2D eigenvalue weighted by Crippen LogP contribution is 2.39. The molecule has 1 aliphatic rings. The van der Waals surface area contributed by atoms with E-state index in [1.807, 2.05) is 27.7 Å². The first-order valence-electron chi connectivity index (χ1n) is 13.1. The average Bonchev–Trinajstić information content (AvgIpc) is 2.89. The maximum atomic E-state index is 13.5. The van der Waals surface area contributed by atoms with Crippen LogP contribution in [0.4, 0.5) is 5.69 Å². The van der Waals surface area contributed by atoms with Crippen LogP contribution in [0.25, 0.3) is 0 Å². The van der Waals surface area contributed by atoms with Crippen LogP contribution in [-0.4, -0.2) is 42.1 Å². The number of ether oxygens (including phenoxy) is 2. The van der Waals surface area contributed by atoms with E-state index in [2.05, 4.69) is 16.7 Å². The zero-order valence-corrected chi connectivity index (χ0v) is 23.4. The van der Waals surface area contributed by atoms with Gasteiger partial charge in [0.15, 0.2) is 0 Å². The average molecular weight is 536 g/mol. The van der Waals surface area contributed by atoms with Crippen LogP contribution in [0.2, 0.25) is 0 Å². The maximum Gasteiger partial charge on any atom is 0.309 e. The number of nitrogens with zero attached hydrogens (tertiary/aromatic N) is 1. The quantitative estimate of drug-likeness (QED) is 0.395. The number of carboxylic acids is 1. The maximum absolute atomic E-state index is 13.5. The molecule has 0 heterocycles. The number of aliphatic carboxylic acids is 1. The van der Waals surface area contributed by atoms with Gasteiger partial charge in [0.2, 0.25) is 0 Å². The summed E-state index contributed by atoms with van der Waals surface area (Å²) in [6, 6.07) is 10.1. The molecule has 0 bridgehead atoms. The lowest BCUT2D eigenvalue weighted by Crippen LogP contribution is -2.36. The number of aryl methyl sites for hydroxylation is 1. The lowest BCUT2D eigenvalue weighted by molar-refractivity contribution is -0.150. The van der Waals surface area contributed by atoms with Gasteiger partial charge >= 0.3 is 5.97 Å². The predicted octanol–water partition coefficient (Wildman–Crippen LogP) is 5.31. The number of amides is 2. The number of carboxylic acid groups (broad SMARTS) is 1. The molecule has 2 aromatic carbocycles. The van der Waals surface area contributed by atoms with Gasteiger partial charge in [0, 0.05) is 12.1 Å². The van der Waals surface area contributed by atoms with Crippen molar-refractivity contribution in [2.75, 3.05) is 12.4 Å². The molecule has 2 amide bonds. The van der Waals surface area contributed by atoms with Crippen LogP contribution in [0, 0.1) is 29.6 Å². The Hall–Kier alpha value is -4.06. The van der Waals surface area contributed by atoms with Gasteiger partial charge < -0.3 is 25.2 Å². The highest BCUT2D eigenvalue weighted by atomic mass is 16.5. The van der Waals surface area contributed by atoms with Crippen molar-refractivity contribution in [3.63, 3.8) is 0 Å². The van der Waals surface area contributed by atoms with Crippen LogP contribution in [0.5, 0.6) is 11.5 Å². The number of rotatable bonds is 9. The summed E-state index contributed by atoms with van der Waals surface area (Å²) in [5.74, 6) is -1.01. The summed E-state index contributed by atoms with van der Waals surface area (Å²) in [5.41, 5.74) is 1.08. The fourth-order valence-electron chi connectivity index (χ4n) is 4.43. The molecular weight excluding hydrogens is 498 g/mol. The number of hydrogen-bond donors (Lipinski definition) is 3. The Labute approximate surface area is 229 Å². The molecule has 0 unspecified atom stereocenters. The smallest absolute Gasteiger partial charge is 0.309 e. The van der Waals surface area contributed by atoms with E-state index in [4.69, 9.17) is 9.47 Å². The van der Waals surface area contributed by atoms with E-state index in [9.17, 15) is 24.8 Å². The van der Waals surface area contributed by atoms with Crippen LogP contribution in [-0.2, 0) is 4.79 Å². The molecule has 1 aliphatic carbocycles. The molecule has 1 saturated carbocycles. The molecule has 1 atom stereocenters. The number of methoxy groups -OCH3 is 1. The van der Waals surface area contributed by atoms with E-state index < -0.39 is 17.3 Å². The Balaban J connectivity index is 1.88. The topological polar surface area (TPSA) is 138 Å². The number of carbonyl (C=O) groups is 3. The molecule has 3 N–H and O–H groups in total. The predicted molar refractivity (Wildman–Crippen MR) is 147 cm³/mol. The summed E-state index contributed by atoms with van der Waals surface area (Å²) in [6.07, 6.45) is 1.64. The minimum absolute atomic E-state index is 0.0613. The highest BCUT2D eigenvalue weighted by Gasteiger charge is 2.38.